The normalized spacial score (nSPS) is 10.8. The molecular weight excluding hydrogens is 234 g/mol. The van der Waals surface area contributed by atoms with Crippen LogP contribution in [0.15, 0.2) is 60.8 Å². The zero-order chi connectivity index (χ0) is 13.1. The third-order valence-electron chi connectivity index (χ3n) is 3.27. The minimum absolute atomic E-state index is 0.682. The highest BCUT2D eigenvalue weighted by Gasteiger charge is 2.01. The van der Waals surface area contributed by atoms with Crippen LogP contribution in [0.5, 0.6) is 5.75 Å². The van der Waals surface area contributed by atoms with Crippen molar-refractivity contribution in [1.29, 1.82) is 0 Å². The molecule has 0 fully saturated rings. The lowest BCUT2D eigenvalue weighted by atomic mass is 10.2. The van der Waals surface area contributed by atoms with E-state index in [1.807, 2.05) is 30.3 Å². The number of hydrogen-bond donors (Lipinski definition) is 0. The molecular formula is C17H17NO. The first-order chi connectivity index (χ1) is 9.33. The molecule has 3 rings (SSSR count). The smallest absolute Gasteiger partial charge is 0.119 e. The molecule has 0 atom stereocenters. The zero-order valence-electron chi connectivity index (χ0n) is 11.0. The monoisotopic (exact) mass is 251 g/mol. The van der Waals surface area contributed by atoms with E-state index in [9.17, 15) is 0 Å². The minimum atomic E-state index is 0.682. The molecule has 0 saturated carbocycles. The van der Waals surface area contributed by atoms with E-state index >= 15 is 0 Å². The van der Waals surface area contributed by atoms with E-state index in [1.54, 1.807) is 0 Å². The Bertz CT molecular complexity index is 670. The average Bonchev–Trinajstić information content (AvgIpc) is 2.83. The number of para-hydroxylation sites is 1. The molecule has 1 heterocycles. The van der Waals surface area contributed by atoms with Crippen molar-refractivity contribution in [3.63, 3.8) is 0 Å². The van der Waals surface area contributed by atoms with Gasteiger partial charge in [0.15, 0.2) is 0 Å². The molecule has 0 aliphatic carbocycles. The van der Waals surface area contributed by atoms with Crippen molar-refractivity contribution >= 4 is 10.9 Å². The van der Waals surface area contributed by atoms with Gasteiger partial charge < -0.3 is 9.30 Å². The van der Waals surface area contributed by atoms with Crippen LogP contribution in [-0.2, 0) is 6.54 Å². The van der Waals surface area contributed by atoms with Gasteiger partial charge in [-0.2, -0.15) is 0 Å². The fourth-order valence-corrected chi connectivity index (χ4v) is 2.27. The maximum Gasteiger partial charge on any atom is 0.119 e. The van der Waals surface area contributed by atoms with Crippen LogP contribution in [0.4, 0.5) is 0 Å². The molecule has 0 N–H and O–H groups in total. The van der Waals surface area contributed by atoms with Gasteiger partial charge in [-0.25, -0.2) is 0 Å². The second-order valence-electron chi connectivity index (χ2n) is 4.73. The van der Waals surface area contributed by atoms with Gasteiger partial charge >= 0.3 is 0 Å². The summed E-state index contributed by atoms with van der Waals surface area (Å²) in [4.78, 5) is 0. The summed E-state index contributed by atoms with van der Waals surface area (Å²) in [6.45, 7) is 3.67. The van der Waals surface area contributed by atoms with Crippen LogP contribution < -0.4 is 4.74 Å². The number of ether oxygens (including phenoxy) is 1. The third kappa shape index (κ3) is 2.63. The molecule has 0 aliphatic heterocycles. The number of aryl methyl sites for hydroxylation is 1. The molecule has 0 spiro atoms. The molecule has 0 unspecified atom stereocenters. The molecule has 0 radical (unpaired) electrons. The van der Waals surface area contributed by atoms with E-state index in [4.69, 9.17) is 4.74 Å². The van der Waals surface area contributed by atoms with Crippen LogP contribution in [0.3, 0.4) is 0 Å². The Morgan fingerprint density at radius 2 is 1.84 bits per heavy atom. The number of fused-ring (bicyclic) bond motifs is 1. The van der Waals surface area contributed by atoms with Crippen LogP contribution in [0, 0.1) is 6.92 Å². The molecule has 0 amide bonds. The van der Waals surface area contributed by atoms with Gasteiger partial charge in [0, 0.05) is 11.7 Å². The van der Waals surface area contributed by atoms with E-state index in [-0.39, 0.29) is 0 Å². The zero-order valence-corrected chi connectivity index (χ0v) is 11.0. The molecule has 1 aromatic heterocycles. The molecule has 3 aromatic rings. The van der Waals surface area contributed by atoms with Gasteiger partial charge in [0.2, 0.25) is 0 Å². The van der Waals surface area contributed by atoms with Crippen molar-refractivity contribution < 1.29 is 4.74 Å². The number of benzene rings is 2. The highest BCUT2D eigenvalue weighted by atomic mass is 16.5. The van der Waals surface area contributed by atoms with Gasteiger partial charge in [0.05, 0.1) is 6.54 Å². The predicted octanol–water partition coefficient (Wildman–Crippen LogP) is 4.03. The van der Waals surface area contributed by atoms with E-state index < -0.39 is 0 Å². The highest BCUT2D eigenvalue weighted by molar-refractivity contribution is 5.80. The first kappa shape index (κ1) is 11.8. The maximum atomic E-state index is 5.74. The SMILES string of the molecule is Cc1ccc2ccn(CCOc3ccccc3)c2c1. The van der Waals surface area contributed by atoms with Crippen molar-refractivity contribution in [3.05, 3.63) is 66.4 Å². The first-order valence-corrected chi connectivity index (χ1v) is 6.56. The summed E-state index contributed by atoms with van der Waals surface area (Å²) in [7, 11) is 0. The summed E-state index contributed by atoms with van der Waals surface area (Å²) in [6, 6.07) is 18.6. The lowest BCUT2D eigenvalue weighted by Gasteiger charge is -2.08. The van der Waals surface area contributed by atoms with Crippen molar-refractivity contribution in [2.45, 2.75) is 13.5 Å². The topological polar surface area (TPSA) is 14.2 Å². The van der Waals surface area contributed by atoms with Crippen LogP contribution in [0.1, 0.15) is 5.56 Å². The average molecular weight is 251 g/mol. The number of rotatable bonds is 4. The van der Waals surface area contributed by atoms with Crippen LogP contribution in [0.2, 0.25) is 0 Å². The number of nitrogens with zero attached hydrogens (tertiary/aromatic N) is 1. The fourth-order valence-electron chi connectivity index (χ4n) is 2.27. The lowest BCUT2D eigenvalue weighted by molar-refractivity contribution is 0.300. The second kappa shape index (κ2) is 5.19. The lowest BCUT2D eigenvalue weighted by Crippen LogP contribution is -2.07. The fraction of sp³-hybridized carbons (Fsp3) is 0.176. The summed E-state index contributed by atoms with van der Waals surface area (Å²) < 4.78 is 7.98. The quantitative estimate of drug-likeness (QED) is 0.683. The Morgan fingerprint density at radius 3 is 2.68 bits per heavy atom. The molecule has 0 saturated heterocycles. The van der Waals surface area contributed by atoms with Crippen LogP contribution in [-0.4, -0.2) is 11.2 Å². The van der Waals surface area contributed by atoms with Gasteiger partial charge in [0.1, 0.15) is 12.4 Å². The highest BCUT2D eigenvalue weighted by Crippen LogP contribution is 2.17. The second-order valence-corrected chi connectivity index (χ2v) is 4.73. The predicted molar refractivity (Wildman–Crippen MR) is 78.6 cm³/mol. The molecule has 0 bridgehead atoms. The van der Waals surface area contributed by atoms with E-state index in [0.29, 0.717) is 6.61 Å². The summed E-state index contributed by atoms with van der Waals surface area (Å²) >= 11 is 0. The molecule has 2 nitrogen and oxygen atoms in total. The van der Waals surface area contributed by atoms with Gasteiger partial charge in [0.25, 0.3) is 0 Å². The first-order valence-electron chi connectivity index (χ1n) is 6.56. The molecule has 2 heteroatoms. The third-order valence-corrected chi connectivity index (χ3v) is 3.27. The standard InChI is InChI=1S/C17H17NO/c1-14-7-8-15-9-10-18(17(15)13-14)11-12-19-16-5-3-2-4-6-16/h2-10,13H,11-12H2,1H3. The molecule has 2 aromatic carbocycles. The largest absolute Gasteiger partial charge is 0.492 e. The Labute approximate surface area is 113 Å². The number of hydrogen-bond acceptors (Lipinski definition) is 1. The van der Waals surface area contributed by atoms with Crippen molar-refractivity contribution in [2.75, 3.05) is 6.61 Å². The minimum Gasteiger partial charge on any atom is -0.492 e. The summed E-state index contributed by atoms with van der Waals surface area (Å²) in [5.74, 6) is 0.926. The molecule has 0 aliphatic rings. The van der Waals surface area contributed by atoms with Gasteiger partial charge in [-0.05, 0) is 42.1 Å². The number of aromatic nitrogens is 1. The van der Waals surface area contributed by atoms with Gasteiger partial charge in [-0.15, -0.1) is 0 Å². The molecule has 96 valence electrons. The van der Waals surface area contributed by atoms with Crippen molar-refractivity contribution in [1.82, 2.24) is 4.57 Å². The summed E-state index contributed by atoms with van der Waals surface area (Å²) in [6.07, 6.45) is 2.12. The Kier molecular flexibility index (Phi) is 3.23. The van der Waals surface area contributed by atoms with Gasteiger partial charge in [-0.1, -0.05) is 30.3 Å². The van der Waals surface area contributed by atoms with E-state index in [0.717, 1.165) is 12.3 Å². The Balaban J connectivity index is 1.70. The molecule has 19 heavy (non-hydrogen) atoms. The maximum absolute atomic E-state index is 5.74. The van der Waals surface area contributed by atoms with E-state index in [1.165, 1.54) is 16.5 Å². The summed E-state index contributed by atoms with van der Waals surface area (Å²) in [5.41, 5.74) is 2.56. The summed E-state index contributed by atoms with van der Waals surface area (Å²) in [5, 5.41) is 1.28. The van der Waals surface area contributed by atoms with Gasteiger partial charge in [-0.3, -0.25) is 0 Å². The van der Waals surface area contributed by atoms with Crippen molar-refractivity contribution in [2.24, 2.45) is 0 Å². The Morgan fingerprint density at radius 1 is 1.00 bits per heavy atom. The Hall–Kier alpha value is -2.22. The van der Waals surface area contributed by atoms with Crippen LogP contribution >= 0.6 is 0 Å². The van der Waals surface area contributed by atoms with Crippen LogP contribution in [0.25, 0.3) is 10.9 Å². The van der Waals surface area contributed by atoms with Crippen molar-refractivity contribution in [3.8, 4) is 5.75 Å². The van der Waals surface area contributed by atoms with E-state index in [2.05, 4.69) is 42.0 Å².